The molecular formula is C17H23F3N4O4S. The number of sulfonamides is 1. The van der Waals surface area contributed by atoms with Crippen LogP contribution in [0.25, 0.3) is 0 Å². The number of hydrogen-bond acceptors (Lipinski definition) is 5. The first kappa shape index (κ1) is 21.5. The molecular weight excluding hydrogens is 413 g/mol. The molecule has 12 heteroatoms. The molecule has 1 fully saturated rings. The van der Waals surface area contributed by atoms with E-state index >= 15 is 0 Å². The van der Waals surface area contributed by atoms with Gasteiger partial charge in [-0.05, 0) is 37.0 Å². The minimum atomic E-state index is -5.27. The standard InChI is InChI=1S/C17H23F3N4O4S/c1-21-16(22-7-4-12-2-3-14-15(10-12)28-11-27-14)23-13-5-8-24(9-6-13)29(25,26)17(18,19)20/h2-3,10,13H,4-9,11H2,1H3,(H2,21,22,23). The number of ether oxygens (including phenoxy) is 2. The van der Waals surface area contributed by atoms with E-state index in [4.69, 9.17) is 9.47 Å². The Morgan fingerprint density at radius 2 is 1.93 bits per heavy atom. The van der Waals surface area contributed by atoms with Gasteiger partial charge in [0.2, 0.25) is 6.79 Å². The third kappa shape index (κ3) is 5.04. The van der Waals surface area contributed by atoms with E-state index in [1.165, 1.54) is 0 Å². The Hall–Kier alpha value is -2.21. The lowest BCUT2D eigenvalue weighted by Crippen LogP contribution is -2.51. The van der Waals surface area contributed by atoms with Crippen LogP contribution < -0.4 is 20.1 Å². The summed E-state index contributed by atoms with van der Waals surface area (Å²) < 4.78 is 72.0. The lowest BCUT2D eigenvalue weighted by atomic mass is 10.1. The van der Waals surface area contributed by atoms with Crippen LogP contribution >= 0.6 is 0 Å². The van der Waals surface area contributed by atoms with Crippen molar-refractivity contribution in [3.05, 3.63) is 23.8 Å². The minimum Gasteiger partial charge on any atom is -0.454 e. The van der Waals surface area contributed by atoms with Gasteiger partial charge in [0.15, 0.2) is 17.5 Å². The molecule has 2 heterocycles. The number of halogens is 3. The number of rotatable bonds is 5. The molecule has 8 nitrogen and oxygen atoms in total. The van der Waals surface area contributed by atoms with E-state index in [-0.39, 0.29) is 38.8 Å². The average molecular weight is 436 g/mol. The summed E-state index contributed by atoms with van der Waals surface area (Å²) in [6.45, 7) is 0.429. The number of hydrogen-bond donors (Lipinski definition) is 2. The first-order valence-corrected chi connectivity index (χ1v) is 10.6. The van der Waals surface area contributed by atoms with Crippen molar-refractivity contribution in [3.8, 4) is 11.5 Å². The highest BCUT2D eigenvalue weighted by atomic mass is 32.2. The highest BCUT2D eigenvalue weighted by molar-refractivity contribution is 7.90. The maximum Gasteiger partial charge on any atom is 0.511 e. The van der Waals surface area contributed by atoms with Crippen LogP contribution in [0.5, 0.6) is 11.5 Å². The predicted molar refractivity (Wildman–Crippen MR) is 100 cm³/mol. The lowest BCUT2D eigenvalue weighted by Gasteiger charge is -2.32. The van der Waals surface area contributed by atoms with Crippen molar-refractivity contribution >= 4 is 16.0 Å². The van der Waals surface area contributed by atoms with Crippen LogP contribution in [0.4, 0.5) is 13.2 Å². The fourth-order valence-corrected chi connectivity index (χ4v) is 4.18. The summed E-state index contributed by atoms with van der Waals surface area (Å²) in [6, 6.07) is 5.55. The molecule has 1 saturated heterocycles. The fraction of sp³-hybridized carbons (Fsp3) is 0.588. The predicted octanol–water partition coefficient (Wildman–Crippen LogP) is 1.44. The van der Waals surface area contributed by atoms with E-state index in [0.717, 1.165) is 11.3 Å². The Labute approximate surface area is 167 Å². The molecule has 29 heavy (non-hydrogen) atoms. The maximum atomic E-state index is 12.6. The van der Waals surface area contributed by atoms with E-state index in [1.807, 2.05) is 18.2 Å². The summed E-state index contributed by atoms with van der Waals surface area (Å²) >= 11 is 0. The SMILES string of the molecule is CN=C(NCCc1ccc2c(c1)OCO2)NC1CCN(S(=O)(=O)C(F)(F)F)CC1. The Bertz CT molecular complexity index is 853. The van der Waals surface area contributed by atoms with Crippen molar-refractivity contribution in [2.45, 2.75) is 30.8 Å². The molecule has 0 saturated carbocycles. The van der Waals surface area contributed by atoms with Crippen molar-refractivity contribution < 1.29 is 31.1 Å². The van der Waals surface area contributed by atoms with Gasteiger partial charge in [-0.15, -0.1) is 0 Å². The number of nitrogens with one attached hydrogen (secondary N) is 2. The van der Waals surface area contributed by atoms with Crippen LogP contribution in [0.2, 0.25) is 0 Å². The van der Waals surface area contributed by atoms with Gasteiger partial charge in [0.1, 0.15) is 0 Å². The molecule has 0 aromatic heterocycles. The van der Waals surface area contributed by atoms with Crippen LogP contribution in [0.1, 0.15) is 18.4 Å². The topological polar surface area (TPSA) is 92.3 Å². The van der Waals surface area contributed by atoms with E-state index in [2.05, 4.69) is 15.6 Å². The fourth-order valence-electron chi connectivity index (χ4n) is 3.20. The van der Waals surface area contributed by atoms with Crippen molar-refractivity contribution in [2.24, 2.45) is 4.99 Å². The number of piperidine rings is 1. The molecule has 0 bridgehead atoms. The molecule has 2 aliphatic heterocycles. The molecule has 0 radical (unpaired) electrons. The lowest BCUT2D eigenvalue weighted by molar-refractivity contribution is -0.0494. The first-order chi connectivity index (χ1) is 13.7. The van der Waals surface area contributed by atoms with Crippen molar-refractivity contribution in [1.82, 2.24) is 14.9 Å². The molecule has 0 aliphatic carbocycles. The van der Waals surface area contributed by atoms with Crippen LogP contribution in [0, 0.1) is 0 Å². The molecule has 1 aromatic rings. The van der Waals surface area contributed by atoms with E-state index < -0.39 is 15.5 Å². The molecule has 0 atom stereocenters. The highest BCUT2D eigenvalue weighted by Crippen LogP contribution is 2.32. The zero-order valence-corrected chi connectivity index (χ0v) is 16.6. The van der Waals surface area contributed by atoms with E-state index in [9.17, 15) is 21.6 Å². The molecule has 0 unspecified atom stereocenters. The van der Waals surface area contributed by atoms with Gasteiger partial charge in [-0.3, -0.25) is 4.99 Å². The summed E-state index contributed by atoms with van der Waals surface area (Å²) in [5.41, 5.74) is -4.21. The Balaban J connectivity index is 1.44. The number of nitrogens with zero attached hydrogens (tertiary/aromatic N) is 2. The van der Waals surface area contributed by atoms with Gasteiger partial charge in [-0.2, -0.15) is 17.5 Å². The summed E-state index contributed by atoms with van der Waals surface area (Å²) in [6.07, 6.45) is 1.23. The second kappa shape index (κ2) is 8.66. The van der Waals surface area contributed by atoms with Crippen LogP contribution in [-0.4, -0.2) is 63.7 Å². The second-order valence-corrected chi connectivity index (χ2v) is 8.63. The van der Waals surface area contributed by atoms with Gasteiger partial charge >= 0.3 is 15.5 Å². The average Bonchev–Trinajstić information content (AvgIpc) is 3.14. The number of fused-ring (bicyclic) bond motifs is 1. The van der Waals surface area contributed by atoms with Gasteiger partial charge in [0.05, 0.1) is 0 Å². The number of alkyl halides is 3. The monoisotopic (exact) mass is 436 g/mol. The molecule has 3 rings (SSSR count). The third-order valence-electron chi connectivity index (χ3n) is 4.79. The molecule has 1 aromatic carbocycles. The summed E-state index contributed by atoms with van der Waals surface area (Å²) in [4.78, 5) is 4.12. The second-order valence-electron chi connectivity index (χ2n) is 6.71. The smallest absolute Gasteiger partial charge is 0.454 e. The van der Waals surface area contributed by atoms with Crippen molar-refractivity contribution in [2.75, 3.05) is 33.5 Å². The Morgan fingerprint density at radius 1 is 1.24 bits per heavy atom. The van der Waals surface area contributed by atoms with Gasteiger partial charge in [-0.25, -0.2) is 8.42 Å². The summed E-state index contributed by atoms with van der Waals surface area (Å²) in [5, 5.41) is 6.29. The molecule has 162 valence electrons. The largest absolute Gasteiger partial charge is 0.511 e. The van der Waals surface area contributed by atoms with Crippen molar-refractivity contribution in [1.29, 1.82) is 0 Å². The minimum absolute atomic E-state index is 0.161. The quantitative estimate of drug-likeness (QED) is 0.536. The Morgan fingerprint density at radius 3 is 2.59 bits per heavy atom. The third-order valence-corrected chi connectivity index (χ3v) is 6.42. The maximum absolute atomic E-state index is 12.6. The number of aliphatic imine (C=N–C) groups is 1. The molecule has 0 amide bonds. The highest BCUT2D eigenvalue weighted by Gasteiger charge is 2.50. The van der Waals surface area contributed by atoms with Gasteiger partial charge < -0.3 is 20.1 Å². The van der Waals surface area contributed by atoms with Gasteiger partial charge in [0.25, 0.3) is 0 Å². The van der Waals surface area contributed by atoms with Crippen LogP contribution in [-0.2, 0) is 16.4 Å². The van der Waals surface area contributed by atoms with Crippen LogP contribution in [0.3, 0.4) is 0 Å². The normalized spacial score (nSPS) is 18.7. The van der Waals surface area contributed by atoms with Gasteiger partial charge in [0, 0.05) is 32.7 Å². The zero-order chi connectivity index (χ0) is 21.1. The van der Waals surface area contributed by atoms with Crippen molar-refractivity contribution in [3.63, 3.8) is 0 Å². The van der Waals surface area contributed by atoms with E-state index in [1.54, 1.807) is 7.05 Å². The van der Waals surface area contributed by atoms with E-state index in [0.29, 0.717) is 29.0 Å². The Kier molecular flexibility index (Phi) is 6.42. The molecule has 2 N–H and O–H groups in total. The molecule has 2 aliphatic rings. The number of benzene rings is 1. The first-order valence-electron chi connectivity index (χ1n) is 9.13. The number of guanidine groups is 1. The molecule has 0 spiro atoms. The van der Waals surface area contributed by atoms with Crippen LogP contribution in [0.15, 0.2) is 23.2 Å². The summed E-state index contributed by atoms with van der Waals surface area (Å²) in [5.74, 6) is 1.95. The zero-order valence-electron chi connectivity index (χ0n) is 15.8. The summed E-state index contributed by atoms with van der Waals surface area (Å²) in [7, 11) is -3.67. The van der Waals surface area contributed by atoms with Gasteiger partial charge in [-0.1, -0.05) is 6.07 Å².